The predicted molar refractivity (Wildman–Crippen MR) is 148 cm³/mol. The number of nitrogens with zero attached hydrogens (tertiary/aromatic N) is 3. The van der Waals surface area contributed by atoms with Crippen molar-refractivity contribution in [3.63, 3.8) is 0 Å². The number of rotatable bonds is 2. The van der Waals surface area contributed by atoms with Crippen molar-refractivity contribution in [3.8, 4) is 11.8 Å². The summed E-state index contributed by atoms with van der Waals surface area (Å²) in [7, 11) is 2.15. The van der Waals surface area contributed by atoms with Gasteiger partial charge in [-0.15, -0.1) is 0 Å². The molecule has 2 aromatic carbocycles. The van der Waals surface area contributed by atoms with Crippen LogP contribution in [0.5, 0.6) is 0 Å². The Bertz CT molecular complexity index is 1470. The van der Waals surface area contributed by atoms with Crippen LogP contribution in [0.15, 0.2) is 54.9 Å². The van der Waals surface area contributed by atoms with Crippen molar-refractivity contribution in [1.29, 1.82) is 0 Å². The van der Waals surface area contributed by atoms with E-state index in [4.69, 9.17) is 0 Å². The fraction of sp³-hybridized carbons (Fsp3) is 0.300. The van der Waals surface area contributed by atoms with Gasteiger partial charge < -0.3 is 15.5 Å². The Morgan fingerprint density at radius 1 is 1.00 bits per heavy atom. The summed E-state index contributed by atoms with van der Waals surface area (Å²) in [6, 6.07) is 13.8. The lowest BCUT2D eigenvalue weighted by Gasteiger charge is -2.21. The third kappa shape index (κ3) is 6.23. The fourth-order valence-corrected chi connectivity index (χ4v) is 4.57. The van der Waals surface area contributed by atoms with Gasteiger partial charge in [-0.05, 0) is 80.3 Å². The van der Waals surface area contributed by atoms with Crippen LogP contribution in [0.2, 0.25) is 0 Å². The molecule has 3 N–H and O–H groups in total. The van der Waals surface area contributed by atoms with E-state index in [-0.39, 0.29) is 5.91 Å². The molecule has 0 bridgehead atoms. The van der Waals surface area contributed by atoms with E-state index in [0.717, 1.165) is 59.3 Å². The number of aromatic amines is 1. The Hall–Kier alpha value is -3.99. The zero-order chi connectivity index (χ0) is 25.6. The van der Waals surface area contributed by atoms with E-state index in [0.29, 0.717) is 5.56 Å². The van der Waals surface area contributed by atoms with Crippen molar-refractivity contribution in [3.05, 3.63) is 88.2 Å². The van der Waals surface area contributed by atoms with E-state index in [1.807, 2.05) is 43.3 Å². The monoisotopic (exact) mass is 492 g/mol. The van der Waals surface area contributed by atoms with Crippen LogP contribution in [-0.2, 0) is 12.8 Å². The Labute approximate surface area is 217 Å². The summed E-state index contributed by atoms with van der Waals surface area (Å²) in [5.74, 6) is 6.26. The second kappa shape index (κ2) is 11.4. The van der Waals surface area contributed by atoms with Crippen molar-refractivity contribution in [2.75, 3.05) is 38.5 Å². The molecule has 1 amide bonds. The number of aryl methyl sites for hydroxylation is 3. The zero-order valence-electron chi connectivity index (χ0n) is 21.4. The number of carbonyl (C=O) groups is 1. The molecule has 4 aromatic rings. The highest BCUT2D eigenvalue weighted by atomic mass is 16.1. The molecule has 1 fully saturated rings. The molecule has 3 heterocycles. The third-order valence-electron chi connectivity index (χ3n) is 6.83. The maximum atomic E-state index is 12.7. The third-order valence-corrected chi connectivity index (χ3v) is 6.83. The van der Waals surface area contributed by atoms with Crippen LogP contribution in [-0.4, -0.2) is 59.2 Å². The van der Waals surface area contributed by atoms with Crippen LogP contribution < -0.4 is 10.6 Å². The highest BCUT2D eigenvalue weighted by molar-refractivity contribution is 6.04. The normalized spacial score (nSPS) is 14.8. The van der Waals surface area contributed by atoms with E-state index in [1.165, 1.54) is 30.6 Å². The maximum absolute atomic E-state index is 12.7. The van der Waals surface area contributed by atoms with E-state index in [9.17, 15) is 4.79 Å². The first-order chi connectivity index (χ1) is 18.0. The number of fused-ring (bicyclic) bond motifs is 2. The summed E-state index contributed by atoms with van der Waals surface area (Å²) in [6.45, 7) is 6.75. The minimum Gasteiger partial charge on any atom is -0.322 e. The summed E-state index contributed by atoms with van der Waals surface area (Å²) in [6.07, 6.45) is 6.79. The fourth-order valence-electron chi connectivity index (χ4n) is 4.57. The van der Waals surface area contributed by atoms with E-state index < -0.39 is 0 Å². The van der Waals surface area contributed by atoms with Gasteiger partial charge in [-0.1, -0.05) is 24.0 Å². The van der Waals surface area contributed by atoms with Gasteiger partial charge in [0, 0.05) is 60.1 Å². The molecule has 2 aromatic heterocycles. The molecule has 0 radical (unpaired) electrons. The van der Waals surface area contributed by atoms with Crippen LogP contribution in [0.25, 0.3) is 11.0 Å². The molecule has 0 saturated carbocycles. The highest BCUT2D eigenvalue weighted by Gasteiger charge is 2.14. The molecule has 37 heavy (non-hydrogen) atoms. The first-order valence-corrected chi connectivity index (χ1v) is 12.8. The highest BCUT2D eigenvalue weighted by Crippen LogP contribution is 2.23. The predicted octanol–water partition coefficient (Wildman–Crippen LogP) is 3.93. The molecule has 6 rings (SSSR count). The standard InChI is InChI=1S/C25H20N4O.C5H12N2/c1-16-5-10-23(28-25(30)21-9-8-18-3-2-4-20(18)12-21)13-19(16)7-6-17-11-22-15-27-29-24(22)26-14-17;1-7-4-2-6-3-5-7/h5,8-15H,2-4H2,1H3,(H,28,30)(H,26,27,29);6H,2-5H2,1H3. The van der Waals surface area contributed by atoms with Gasteiger partial charge in [0.2, 0.25) is 0 Å². The maximum Gasteiger partial charge on any atom is 0.255 e. The van der Waals surface area contributed by atoms with E-state index in [1.54, 1.807) is 12.4 Å². The summed E-state index contributed by atoms with van der Waals surface area (Å²) >= 11 is 0. The van der Waals surface area contributed by atoms with Gasteiger partial charge in [-0.25, -0.2) is 4.98 Å². The minimum atomic E-state index is -0.0953. The molecule has 2 aliphatic rings. The number of hydrogen-bond acceptors (Lipinski definition) is 5. The molecule has 7 nitrogen and oxygen atoms in total. The van der Waals surface area contributed by atoms with Gasteiger partial charge in [0.1, 0.15) is 0 Å². The quantitative estimate of drug-likeness (QED) is 0.369. The average molecular weight is 493 g/mol. The number of piperazine rings is 1. The summed E-state index contributed by atoms with van der Waals surface area (Å²) in [5, 5.41) is 14.0. The number of hydrogen-bond donors (Lipinski definition) is 3. The Morgan fingerprint density at radius 3 is 2.65 bits per heavy atom. The first-order valence-electron chi connectivity index (χ1n) is 12.8. The van der Waals surface area contributed by atoms with Gasteiger partial charge in [0.05, 0.1) is 6.20 Å². The van der Waals surface area contributed by atoms with Crippen LogP contribution in [0.3, 0.4) is 0 Å². The molecule has 188 valence electrons. The molecule has 1 saturated heterocycles. The number of carbonyl (C=O) groups excluding carboxylic acids is 1. The van der Waals surface area contributed by atoms with Crippen molar-refractivity contribution >= 4 is 22.6 Å². The van der Waals surface area contributed by atoms with Crippen LogP contribution in [0.4, 0.5) is 5.69 Å². The Kier molecular flexibility index (Phi) is 7.59. The number of H-pyrrole nitrogens is 1. The number of benzene rings is 2. The van der Waals surface area contributed by atoms with Gasteiger partial charge in [0.15, 0.2) is 5.65 Å². The molecule has 0 atom stereocenters. The zero-order valence-corrected chi connectivity index (χ0v) is 21.4. The van der Waals surface area contributed by atoms with Crippen molar-refractivity contribution in [1.82, 2.24) is 25.4 Å². The molecule has 0 spiro atoms. The molecule has 0 unspecified atom stereocenters. The van der Waals surface area contributed by atoms with E-state index >= 15 is 0 Å². The van der Waals surface area contributed by atoms with Crippen molar-refractivity contribution in [2.24, 2.45) is 0 Å². The van der Waals surface area contributed by atoms with E-state index in [2.05, 4.69) is 55.7 Å². The summed E-state index contributed by atoms with van der Waals surface area (Å²) in [4.78, 5) is 19.4. The number of amides is 1. The second-order valence-corrected chi connectivity index (χ2v) is 9.66. The van der Waals surface area contributed by atoms with Crippen LogP contribution in [0, 0.1) is 18.8 Å². The number of aromatic nitrogens is 3. The van der Waals surface area contributed by atoms with Crippen LogP contribution in [0.1, 0.15) is 44.6 Å². The van der Waals surface area contributed by atoms with Crippen LogP contribution >= 0.6 is 0 Å². The lowest BCUT2D eigenvalue weighted by atomic mass is 10.1. The molecular weight excluding hydrogens is 460 g/mol. The number of nitrogens with one attached hydrogen (secondary N) is 3. The molecule has 1 aliphatic carbocycles. The van der Waals surface area contributed by atoms with Gasteiger partial charge in [-0.2, -0.15) is 5.10 Å². The van der Waals surface area contributed by atoms with Crippen molar-refractivity contribution < 1.29 is 4.79 Å². The number of pyridine rings is 1. The molecule has 7 heteroatoms. The average Bonchev–Trinajstić information content (AvgIpc) is 3.58. The summed E-state index contributed by atoms with van der Waals surface area (Å²) < 4.78 is 0. The lowest BCUT2D eigenvalue weighted by molar-refractivity contribution is 0.102. The van der Waals surface area contributed by atoms with Gasteiger partial charge >= 0.3 is 0 Å². The Balaban J connectivity index is 0.000000348. The van der Waals surface area contributed by atoms with Gasteiger partial charge in [0.25, 0.3) is 5.91 Å². The smallest absolute Gasteiger partial charge is 0.255 e. The Morgan fingerprint density at radius 2 is 1.84 bits per heavy atom. The first kappa shape index (κ1) is 24.7. The SMILES string of the molecule is CN1CCNCC1.Cc1ccc(NC(=O)c2ccc3c(c2)CCC3)cc1C#Cc1cnc2[nH]ncc2c1. The molecule has 1 aliphatic heterocycles. The number of likely N-dealkylation sites (N-methyl/N-ethyl adjacent to an activating group) is 1. The second-order valence-electron chi connectivity index (χ2n) is 9.66. The minimum absolute atomic E-state index is 0.0953. The van der Waals surface area contributed by atoms with Crippen molar-refractivity contribution in [2.45, 2.75) is 26.2 Å². The van der Waals surface area contributed by atoms with Gasteiger partial charge in [-0.3, -0.25) is 9.89 Å². The number of anilines is 1. The lowest BCUT2D eigenvalue weighted by Crippen LogP contribution is -2.40. The topological polar surface area (TPSA) is 85.9 Å². The molecular formula is C30H32N6O. The largest absolute Gasteiger partial charge is 0.322 e. The summed E-state index contributed by atoms with van der Waals surface area (Å²) in [5.41, 5.74) is 7.57.